The number of ether oxygens (including phenoxy) is 2. The Balaban J connectivity index is 1.38. The number of nitrogens with one attached hydrogen (secondary N) is 1. The molecule has 0 atom stereocenters. The van der Waals surface area contributed by atoms with E-state index in [-0.39, 0.29) is 5.41 Å². The van der Waals surface area contributed by atoms with Crippen molar-refractivity contribution >= 4 is 5.96 Å². The lowest BCUT2D eigenvalue weighted by Gasteiger charge is -2.36. The van der Waals surface area contributed by atoms with Gasteiger partial charge in [-0.2, -0.15) is 0 Å². The molecule has 2 aromatic rings. The number of guanidine groups is 1. The molecule has 4 rings (SSSR count). The molecule has 0 spiro atoms. The van der Waals surface area contributed by atoms with Crippen molar-refractivity contribution in [1.82, 2.24) is 20.3 Å². The second kappa shape index (κ2) is 8.95. The maximum absolute atomic E-state index is 5.55. The van der Waals surface area contributed by atoms with Gasteiger partial charge in [0.25, 0.3) is 0 Å². The smallest absolute Gasteiger partial charge is 0.231 e. The monoisotopic (exact) mass is 413 g/mol. The van der Waals surface area contributed by atoms with E-state index in [4.69, 9.17) is 19.0 Å². The van der Waals surface area contributed by atoms with Gasteiger partial charge in [0.15, 0.2) is 17.5 Å². The first-order chi connectivity index (χ1) is 14.5. The van der Waals surface area contributed by atoms with E-state index < -0.39 is 0 Å². The number of fused-ring (bicyclic) bond motifs is 1. The van der Waals surface area contributed by atoms with Gasteiger partial charge in [-0.25, -0.2) is 0 Å². The predicted molar refractivity (Wildman–Crippen MR) is 115 cm³/mol. The van der Waals surface area contributed by atoms with Crippen LogP contribution in [-0.2, 0) is 12.0 Å². The topological polar surface area (TPSA) is 75.4 Å². The lowest BCUT2D eigenvalue weighted by molar-refractivity contribution is 0.169. The number of hydrogen-bond acceptors (Lipinski definition) is 6. The van der Waals surface area contributed by atoms with Crippen LogP contribution in [0.4, 0.5) is 0 Å². The first-order valence-corrected chi connectivity index (χ1v) is 10.6. The van der Waals surface area contributed by atoms with Crippen LogP contribution in [0.3, 0.4) is 0 Å². The summed E-state index contributed by atoms with van der Waals surface area (Å²) >= 11 is 0. The highest BCUT2D eigenvalue weighted by molar-refractivity contribution is 5.80. The van der Waals surface area contributed by atoms with Gasteiger partial charge in [-0.15, -0.1) is 0 Å². The molecule has 1 aromatic heterocycles. The minimum absolute atomic E-state index is 0.115. The summed E-state index contributed by atoms with van der Waals surface area (Å²) < 4.78 is 15.9. The minimum atomic E-state index is -0.115. The maximum Gasteiger partial charge on any atom is 0.231 e. The fourth-order valence-corrected chi connectivity index (χ4v) is 3.77. The molecule has 1 fully saturated rings. The molecule has 2 aliphatic rings. The minimum Gasteiger partial charge on any atom is -0.454 e. The number of aromatic nitrogens is 1. The molecule has 0 amide bonds. The van der Waals surface area contributed by atoms with Gasteiger partial charge in [-0.05, 0) is 24.6 Å². The van der Waals surface area contributed by atoms with Gasteiger partial charge in [-0.1, -0.05) is 25.1 Å². The summed E-state index contributed by atoms with van der Waals surface area (Å²) in [4.78, 5) is 9.74. The molecule has 2 aliphatic heterocycles. The van der Waals surface area contributed by atoms with Crippen LogP contribution in [0.1, 0.15) is 32.0 Å². The van der Waals surface area contributed by atoms with Gasteiger partial charge in [0, 0.05) is 50.7 Å². The standard InChI is InChI=1S/C22H31N5O3/c1-4-23-21(27-10-8-26(9-11-27)14-18-7-12-30-25-18)24-15-22(2,3)17-5-6-19-20(13-17)29-16-28-19/h5-7,12-13H,4,8-11,14-16H2,1-3H3,(H,23,24). The van der Waals surface area contributed by atoms with Crippen molar-refractivity contribution < 1.29 is 14.0 Å². The molecule has 0 radical (unpaired) electrons. The van der Waals surface area contributed by atoms with E-state index in [1.165, 1.54) is 5.56 Å². The summed E-state index contributed by atoms with van der Waals surface area (Å²) in [7, 11) is 0. The van der Waals surface area contributed by atoms with E-state index in [1.807, 2.05) is 12.1 Å². The van der Waals surface area contributed by atoms with Crippen LogP contribution in [-0.4, -0.2) is 67.0 Å². The quantitative estimate of drug-likeness (QED) is 0.576. The Kier molecular flexibility index (Phi) is 6.13. The lowest BCUT2D eigenvalue weighted by atomic mass is 9.84. The Morgan fingerprint density at radius 1 is 1.13 bits per heavy atom. The highest BCUT2D eigenvalue weighted by Gasteiger charge is 2.25. The van der Waals surface area contributed by atoms with Crippen molar-refractivity contribution in [2.24, 2.45) is 4.99 Å². The third kappa shape index (κ3) is 4.70. The van der Waals surface area contributed by atoms with E-state index in [9.17, 15) is 0 Å². The van der Waals surface area contributed by atoms with E-state index in [2.05, 4.69) is 53.2 Å². The highest BCUT2D eigenvalue weighted by Crippen LogP contribution is 2.36. The summed E-state index contributed by atoms with van der Waals surface area (Å²) in [6.07, 6.45) is 1.63. The summed E-state index contributed by atoms with van der Waals surface area (Å²) in [6, 6.07) is 8.10. The molecule has 3 heterocycles. The molecule has 0 saturated carbocycles. The van der Waals surface area contributed by atoms with E-state index in [0.717, 1.165) is 62.4 Å². The first kappa shape index (κ1) is 20.5. The van der Waals surface area contributed by atoms with Crippen molar-refractivity contribution in [2.45, 2.75) is 32.7 Å². The molecular weight excluding hydrogens is 382 g/mol. The number of hydrogen-bond donors (Lipinski definition) is 1. The molecule has 0 bridgehead atoms. The zero-order chi connectivity index (χ0) is 21.0. The number of piperazine rings is 1. The van der Waals surface area contributed by atoms with Crippen LogP contribution in [0, 0.1) is 0 Å². The predicted octanol–water partition coefficient (Wildman–Crippen LogP) is 2.46. The van der Waals surface area contributed by atoms with Gasteiger partial charge in [0.2, 0.25) is 6.79 Å². The highest BCUT2D eigenvalue weighted by atomic mass is 16.7. The van der Waals surface area contributed by atoms with Crippen LogP contribution in [0.15, 0.2) is 40.0 Å². The summed E-state index contributed by atoms with van der Waals surface area (Å²) in [6.45, 7) is 13.0. The lowest BCUT2D eigenvalue weighted by Crippen LogP contribution is -2.52. The van der Waals surface area contributed by atoms with Gasteiger partial charge in [-0.3, -0.25) is 9.89 Å². The molecule has 8 nitrogen and oxygen atoms in total. The molecule has 1 saturated heterocycles. The van der Waals surface area contributed by atoms with E-state index in [0.29, 0.717) is 13.3 Å². The van der Waals surface area contributed by atoms with Crippen LogP contribution in [0.2, 0.25) is 0 Å². The van der Waals surface area contributed by atoms with Crippen molar-refractivity contribution in [3.8, 4) is 11.5 Å². The van der Waals surface area contributed by atoms with E-state index in [1.54, 1.807) is 6.26 Å². The molecule has 1 N–H and O–H groups in total. The first-order valence-electron chi connectivity index (χ1n) is 10.6. The zero-order valence-corrected chi connectivity index (χ0v) is 18.1. The maximum atomic E-state index is 5.55. The van der Waals surface area contributed by atoms with Gasteiger partial charge >= 0.3 is 0 Å². The Bertz CT molecular complexity index is 858. The molecule has 0 unspecified atom stereocenters. The summed E-state index contributed by atoms with van der Waals surface area (Å²) in [5.41, 5.74) is 2.06. The fraction of sp³-hybridized carbons (Fsp3) is 0.545. The molecule has 30 heavy (non-hydrogen) atoms. The Morgan fingerprint density at radius 3 is 2.67 bits per heavy atom. The van der Waals surface area contributed by atoms with Crippen molar-refractivity contribution in [3.63, 3.8) is 0 Å². The average molecular weight is 414 g/mol. The fourth-order valence-electron chi connectivity index (χ4n) is 3.77. The van der Waals surface area contributed by atoms with Crippen LogP contribution >= 0.6 is 0 Å². The molecule has 0 aliphatic carbocycles. The molecule has 162 valence electrons. The normalized spacial score (nSPS) is 17.4. The Morgan fingerprint density at radius 2 is 1.93 bits per heavy atom. The third-order valence-corrected chi connectivity index (χ3v) is 5.66. The van der Waals surface area contributed by atoms with Gasteiger partial charge in [0.05, 0.1) is 12.2 Å². The molecule has 8 heteroatoms. The molecular formula is C22H31N5O3. The van der Waals surface area contributed by atoms with E-state index >= 15 is 0 Å². The SMILES string of the molecule is CCNC(=NCC(C)(C)c1ccc2c(c1)OCO2)N1CCN(Cc2ccon2)CC1. The number of benzene rings is 1. The largest absolute Gasteiger partial charge is 0.454 e. The Hall–Kier alpha value is -2.74. The van der Waals surface area contributed by atoms with Gasteiger partial charge < -0.3 is 24.2 Å². The van der Waals surface area contributed by atoms with Crippen LogP contribution in [0.25, 0.3) is 0 Å². The second-order valence-electron chi connectivity index (χ2n) is 8.38. The summed E-state index contributed by atoms with van der Waals surface area (Å²) in [5, 5.41) is 7.48. The number of aliphatic imine (C=N–C) groups is 1. The van der Waals surface area contributed by atoms with Gasteiger partial charge in [0.1, 0.15) is 6.26 Å². The van der Waals surface area contributed by atoms with Crippen molar-refractivity contribution in [2.75, 3.05) is 46.1 Å². The van der Waals surface area contributed by atoms with Crippen LogP contribution in [0.5, 0.6) is 11.5 Å². The average Bonchev–Trinajstić information content (AvgIpc) is 3.43. The zero-order valence-electron chi connectivity index (χ0n) is 18.1. The Labute approximate surface area is 177 Å². The summed E-state index contributed by atoms with van der Waals surface area (Å²) in [5.74, 6) is 2.61. The van der Waals surface area contributed by atoms with Crippen molar-refractivity contribution in [3.05, 3.63) is 41.8 Å². The molecule has 1 aromatic carbocycles. The third-order valence-electron chi connectivity index (χ3n) is 5.66. The number of nitrogens with zero attached hydrogens (tertiary/aromatic N) is 4. The van der Waals surface area contributed by atoms with Crippen molar-refractivity contribution in [1.29, 1.82) is 0 Å². The number of rotatable bonds is 6. The second-order valence-corrected chi connectivity index (χ2v) is 8.38. The van der Waals surface area contributed by atoms with Crippen LogP contribution < -0.4 is 14.8 Å².